The van der Waals surface area contributed by atoms with Crippen molar-refractivity contribution in [2.45, 2.75) is 12.8 Å². The summed E-state index contributed by atoms with van der Waals surface area (Å²) in [5.41, 5.74) is 1.39. The molecule has 1 unspecified atom stereocenters. The van der Waals surface area contributed by atoms with Crippen LogP contribution in [-0.2, 0) is 0 Å². The third kappa shape index (κ3) is 4.69. The van der Waals surface area contributed by atoms with Crippen LogP contribution in [-0.4, -0.2) is 31.6 Å². The van der Waals surface area contributed by atoms with Crippen molar-refractivity contribution in [1.29, 1.82) is 0 Å². The molecule has 0 heterocycles. The highest BCUT2D eigenvalue weighted by molar-refractivity contribution is 5.95. The van der Waals surface area contributed by atoms with Crippen LogP contribution in [0.3, 0.4) is 0 Å². The molecule has 0 aliphatic rings. The number of hydrogen-bond donors (Lipinski definition) is 1. The lowest BCUT2D eigenvalue weighted by molar-refractivity contribution is -0.384. The summed E-state index contributed by atoms with van der Waals surface area (Å²) in [7, 11) is 3.04. The fourth-order valence-corrected chi connectivity index (χ4v) is 2.33. The zero-order valence-corrected chi connectivity index (χ0v) is 14.3. The van der Waals surface area contributed by atoms with Crippen LogP contribution < -0.4 is 14.8 Å². The van der Waals surface area contributed by atoms with Gasteiger partial charge in [-0.25, -0.2) is 0 Å². The minimum Gasteiger partial charge on any atom is -0.497 e. The van der Waals surface area contributed by atoms with Crippen molar-refractivity contribution in [2.24, 2.45) is 0 Å². The molecular formula is C18H20N2O5. The Morgan fingerprint density at radius 1 is 1.12 bits per heavy atom. The van der Waals surface area contributed by atoms with E-state index >= 15 is 0 Å². The van der Waals surface area contributed by atoms with Gasteiger partial charge in [-0.1, -0.05) is 19.1 Å². The van der Waals surface area contributed by atoms with Crippen molar-refractivity contribution < 1.29 is 19.2 Å². The maximum Gasteiger partial charge on any atom is 0.269 e. The van der Waals surface area contributed by atoms with Gasteiger partial charge in [-0.3, -0.25) is 14.9 Å². The molecular weight excluding hydrogens is 324 g/mol. The number of nitrogens with zero attached hydrogens (tertiary/aromatic N) is 1. The number of hydrogen-bond acceptors (Lipinski definition) is 5. The summed E-state index contributed by atoms with van der Waals surface area (Å²) in [5, 5.41) is 13.5. The minimum absolute atomic E-state index is 0.0113. The Hall–Kier alpha value is -3.09. The SMILES string of the molecule is COc1cc(OC)cc(C(=O)NCC(C)c2ccc([N+](=O)[O-])cc2)c1. The second kappa shape index (κ2) is 8.14. The molecule has 0 saturated carbocycles. The number of nitro groups is 1. The van der Waals surface area contributed by atoms with Gasteiger partial charge >= 0.3 is 0 Å². The Kier molecular flexibility index (Phi) is 5.94. The first kappa shape index (κ1) is 18.3. The Bertz CT molecular complexity index is 736. The lowest BCUT2D eigenvalue weighted by Gasteiger charge is -2.14. The van der Waals surface area contributed by atoms with Crippen molar-refractivity contribution in [3.8, 4) is 11.5 Å². The molecule has 0 aromatic heterocycles. The Morgan fingerprint density at radius 2 is 1.68 bits per heavy atom. The molecule has 0 saturated heterocycles. The number of nitro benzene ring substituents is 1. The van der Waals surface area contributed by atoms with Crippen molar-refractivity contribution in [2.75, 3.05) is 20.8 Å². The summed E-state index contributed by atoms with van der Waals surface area (Å²) in [6.07, 6.45) is 0. The lowest BCUT2D eigenvalue weighted by atomic mass is 10.0. The first-order chi connectivity index (χ1) is 11.9. The van der Waals surface area contributed by atoms with Crippen molar-refractivity contribution in [3.63, 3.8) is 0 Å². The van der Waals surface area contributed by atoms with Gasteiger partial charge in [0.1, 0.15) is 11.5 Å². The van der Waals surface area contributed by atoms with Crippen molar-refractivity contribution in [3.05, 3.63) is 63.7 Å². The molecule has 0 radical (unpaired) electrons. The average Bonchev–Trinajstić information content (AvgIpc) is 2.65. The standard InChI is InChI=1S/C18H20N2O5/c1-12(13-4-6-15(7-5-13)20(22)23)11-19-18(21)14-8-16(24-2)10-17(9-14)25-3/h4-10,12H,11H2,1-3H3,(H,19,21). The van der Waals surface area contributed by atoms with Crippen LogP contribution in [0.2, 0.25) is 0 Å². The molecule has 0 fully saturated rings. The number of carbonyl (C=O) groups excluding carboxylic acids is 1. The van der Waals surface area contributed by atoms with Gasteiger partial charge in [0.2, 0.25) is 0 Å². The molecule has 132 valence electrons. The third-order valence-corrected chi connectivity index (χ3v) is 3.86. The molecule has 1 atom stereocenters. The number of methoxy groups -OCH3 is 2. The first-order valence-corrected chi connectivity index (χ1v) is 7.70. The van der Waals surface area contributed by atoms with E-state index in [1.54, 1.807) is 30.3 Å². The number of carbonyl (C=O) groups is 1. The number of nitrogens with one attached hydrogen (secondary N) is 1. The molecule has 2 aromatic rings. The first-order valence-electron chi connectivity index (χ1n) is 7.70. The number of ether oxygens (including phenoxy) is 2. The molecule has 2 aromatic carbocycles. The van der Waals surface area contributed by atoms with E-state index in [4.69, 9.17) is 9.47 Å². The van der Waals surface area contributed by atoms with Crippen molar-refractivity contribution >= 4 is 11.6 Å². The monoisotopic (exact) mass is 344 g/mol. The van der Waals surface area contributed by atoms with E-state index in [0.29, 0.717) is 23.6 Å². The zero-order chi connectivity index (χ0) is 18.4. The Labute approximate surface area is 145 Å². The number of rotatable bonds is 7. The van der Waals surface area contributed by atoms with E-state index in [1.807, 2.05) is 6.92 Å². The molecule has 2 rings (SSSR count). The smallest absolute Gasteiger partial charge is 0.269 e. The van der Waals surface area contributed by atoms with Gasteiger partial charge in [-0.2, -0.15) is 0 Å². The van der Waals surface area contributed by atoms with E-state index in [1.165, 1.54) is 26.4 Å². The highest BCUT2D eigenvalue weighted by Crippen LogP contribution is 2.23. The number of amides is 1. The van der Waals surface area contributed by atoms with Crippen molar-refractivity contribution in [1.82, 2.24) is 5.32 Å². The zero-order valence-electron chi connectivity index (χ0n) is 14.3. The normalized spacial score (nSPS) is 11.5. The van der Waals surface area contributed by atoms with Crippen LogP contribution in [0.4, 0.5) is 5.69 Å². The third-order valence-electron chi connectivity index (χ3n) is 3.86. The topological polar surface area (TPSA) is 90.7 Å². The molecule has 7 heteroatoms. The van der Waals surface area contributed by atoms with Gasteiger partial charge in [0.15, 0.2) is 0 Å². The Morgan fingerprint density at radius 3 is 2.16 bits per heavy atom. The predicted octanol–water partition coefficient (Wildman–Crippen LogP) is 3.15. The van der Waals surface area contributed by atoms with Gasteiger partial charge in [-0.05, 0) is 23.6 Å². The summed E-state index contributed by atoms with van der Waals surface area (Å²) >= 11 is 0. The summed E-state index contributed by atoms with van der Waals surface area (Å²) < 4.78 is 10.3. The second-order valence-corrected chi connectivity index (χ2v) is 5.56. The molecule has 1 N–H and O–H groups in total. The van der Waals surface area contributed by atoms with Gasteiger partial charge in [-0.15, -0.1) is 0 Å². The Balaban J connectivity index is 2.02. The lowest BCUT2D eigenvalue weighted by Crippen LogP contribution is -2.27. The van der Waals surface area contributed by atoms with Gasteiger partial charge in [0, 0.05) is 30.3 Å². The van der Waals surface area contributed by atoms with E-state index in [9.17, 15) is 14.9 Å². The maximum atomic E-state index is 12.3. The molecule has 1 amide bonds. The molecule has 7 nitrogen and oxygen atoms in total. The molecule has 0 aliphatic carbocycles. The predicted molar refractivity (Wildman–Crippen MR) is 93.4 cm³/mol. The summed E-state index contributed by atoms with van der Waals surface area (Å²) in [4.78, 5) is 22.6. The van der Waals surface area contributed by atoms with Gasteiger partial charge in [0.25, 0.3) is 11.6 Å². The van der Waals surface area contributed by atoms with Crippen LogP contribution >= 0.6 is 0 Å². The van der Waals surface area contributed by atoms with Crippen LogP contribution in [0.25, 0.3) is 0 Å². The van der Waals surface area contributed by atoms with Gasteiger partial charge < -0.3 is 14.8 Å². The quantitative estimate of drug-likeness (QED) is 0.615. The van der Waals surface area contributed by atoms with E-state index in [2.05, 4.69) is 5.32 Å². The van der Waals surface area contributed by atoms with E-state index < -0.39 is 4.92 Å². The highest BCUT2D eigenvalue weighted by Gasteiger charge is 2.13. The molecule has 0 aliphatic heterocycles. The number of benzene rings is 2. The van der Waals surface area contributed by atoms with Crippen LogP contribution in [0, 0.1) is 10.1 Å². The van der Waals surface area contributed by atoms with E-state index in [0.717, 1.165) is 5.56 Å². The van der Waals surface area contributed by atoms with E-state index in [-0.39, 0.29) is 17.5 Å². The van der Waals surface area contributed by atoms with Crippen LogP contribution in [0.15, 0.2) is 42.5 Å². The molecule has 25 heavy (non-hydrogen) atoms. The molecule has 0 spiro atoms. The highest BCUT2D eigenvalue weighted by atomic mass is 16.6. The fourth-order valence-electron chi connectivity index (χ4n) is 2.33. The number of non-ortho nitro benzene ring substituents is 1. The van der Waals surface area contributed by atoms with Crippen LogP contribution in [0.5, 0.6) is 11.5 Å². The van der Waals surface area contributed by atoms with Crippen LogP contribution in [0.1, 0.15) is 28.8 Å². The summed E-state index contributed by atoms with van der Waals surface area (Å²) in [6.45, 7) is 2.34. The minimum atomic E-state index is -0.438. The fraction of sp³-hybridized carbons (Fsp3) is 0.278. The maximum absolute atomic E-state index is 12.3. The molecule has 0 bridgehead atoms. The van der Waals surface area contributed by atoms with Gasteiger partial charge in [0.05, 0.1) is 19.1 Å². The largest absolute Gasteiger partial charge is 0.497 e. The summed E-state index contributed by atoms with van der Waals surface area (Å²) in [5.74, 6) is 0.837. The summed E-state index contributed by atoms with van der Waals surface area (Å²) in [6, 6.07) is 11.3. The second-order valence-electron chi connectivity index (χ2n) is 5.56. The average molecular weight is 344 g/mol.